The monoisotopic (exact) mass is 207 g/mol. The molecular weight excluding hydrogens is 194 g/mol. The topological polar surface area (TPSA) is 86.5 Å². The summed E-state index contributed by atoms with van der Waals surface area (Å²) in [6.07, 6.45) is 1.25. The van der Waals surface area contributed by atoms with Crippen molar-refractivity contribution in [2.75, 3.05) is 12.9 Å². The van der Waals surface area contributed by atoms with Crippen LogP contribution < -0.4 is 5.73 Å². The molecule has 2 N–H and O–H groups in total. The van der Waals surface area contributed by atoms with Gasteiger partial charge in [-0.1, -0.05) is 0 Å². The molecule has 0 spiro atoms. The summed E-state index contributed by atoms with van der Waals surface area (Å²) in [4.78, 5) is 11.2. The summed E-state index contributed by atoms with van der Waals surface area (Å²) in [6.45, 7) is 1.87. The highest BCUT2D eigenvalue weighted by Gasteiger charge is 2.63. The first kappa shape index (κ1) is 10.5. The van der Waals surface area contributed by atoms with Crippen LogP contribution in [0.3, 0.4) is 0 Å². The minimum absolute atomic E-state index is 0.171. The summed E-state index contributed by atoms with van der Waals surface area (Å²) < 4.78 is 26.7. The van der Waals surface area contributed by atoms with Crippen LogP contribution in [0.5, 0.6) is 0 Å². The van der Waals surface area contributed by atoms with Crippen molar-refractivity contribution in [3.8, 4) is 0 Å². The Morgan fingerprint density at radius 2 is 2.23 bits per heavy atom. The summed E-state index contributed by atoms with van der Waals surface area (Å²) in [6, 6.07) is 0. The molecule has 0 amide bonds. The second kappa shape index (κ2) is 2.95. The van der Waals surface area contributed by atoms with E-state index >= 15 is 0 Å². The van der Waals surface area contributed by atoms with Gasteiger partial charge >= 0.3 is 5.97 Å². The maximum atomic E-state index is 11.2. The average molecular weight is 207 g/mol. The molecule has 0 radical (unpaired) electrons. The Labute approximate surface area is 77.2 Å². The summed E-state index contributed by atoms with van der Waals surface area (Å²) in [5.41, 5.74) is 4.26. The Bertz CT molecular complexity index is 323. The molecule has 0 heterocycles. The first-order valence-corrected chi connectivity index (χ1v) is 5.93. The molecule has 0 aliphatic heterocycles. The van der Waals surface area contributed by atoms with Gasteiger partial charge in [0.05, 0.1) is 11.9 Å². The molecule has 0 aromatic carbocycles. The second-order valence-corrected chi connectivity index (χ2v) is 5.51. The quantitative estimate of drug-likeness (QED) is 0.604. The Kier molecular flexibility index (Phi) is 2.38. The molecule has 2 atom stereocenters. The molecule has 5 nitrogen and oxygen atoms in total. The van der Waals surface area contributed by atoms with Crippen LogP contribution in [-0.2, 0) is 19.4 Å². The Morgan fingerprint density at radius 3 is 2.54 bits per heavy atom. The largest absolute Gasteiger partial charge is 0.465 e. The van der Waals surface area contributed by atoms with Gasteiger partial charge in [0, 0.05) is 6.26 Å². The molecule has 0 aromatic rings. The van der Waals surface area contributed by atoms with Crippen molar-refractivity contribution in [3.63, 3.8) is 0 Å². The maximum absolute atomic E-state index is 11.2. The van der Waals surface area contributed by atoms with E-state index < -0.39 is 26.6 Å². The lowest BCUT2D eigenvalue weighted by Crippen LogP contribution is -2.40. The lowest BCUT2D eigenvalue weighted by atomic mass is 10.3. The number of hydrogen-bond donors (Lipinski definition) is 1. The Hall–Kier alpha value is -0.620. The third kappa shape index (κ3) is 1.83. The minimum atomic E-state index is -3.23. The van der Waals surface area contributed by atoms with E-state index in [2.05, 4.69) is 4.74 Å². The molecule has 0 aromatic heterocycles. The number of esters is 1. The number of hydrogen-bond acceptors (Lipinski definition) is 5. The Morgan fingerprint density at radius 1 is 1.69 bits per heavy atom. The summed E-state index contributed by atoms with van der Waals surface area (Å²) in [5, 5.41) is -0.765. The fraction of sp³-hybridized carbons (Fsp3) is 0.857. The predicted molar refractivity (Wildman–Crippen MR) is 46.8 cm³/mol. The zero-order valence-electron chi connectivity index (χ0n) is 7.61. The summed E-state index contributed by atoms with van der Waals surface area (Å²) in [7, 11) is -3.23. The SMILES string of the molecule is CCOC(=O)[C@]1(N)C[C@H]1S(C)(=O)=O. The molecular formula is C7H13NO4S. The fourth-order valence-electron chi connectivity index (χ4n) is 1.26. The molecule has 1 rings (SSSR count). The number of nitrogens with two attached hydrogens (primary N) is 1. The van der Waals surface area contributed by atoms with Gasteiger partial charge in [0.15, 0.2) is 9.84 Å². The predicted octanol–water partition coefficient (Wildman–Crippen LogP) is -0.936. The second-order valence-electron chi connectivity index (χ2n) is 3.28. The number of rotatable bonds is 3. The van der Waals surface area contributed by atoms with E-state index in [0.717, 1.165) is 6.26 Å². The van der Waals surface area contributed by atoms with Gasteiger partial charge < -0.3 is 10.5 Å². The highest BCUT2D eigenvalue weighted by atomic mass is 32.2. The third-order valence-corrected chi connectivity index (χ3v) is 3.73. The van der Waals surface area contributed by atoms with Crippen LogP contribution in [0.15, 0.2) is 0 Å². The van der Waals surface area contributed by atoms with Crippen LogP contribution in [0.25, 0.3) is 0 Å². The van der Waals surface area contributed by atoms with Crippen molar-refractivity contribution in [2.45, 2.75) is 24.1 Å². The van der Waals surface area contributed by atoms with Crippen LogP contribution in [0.2, 0.25) is 0 Å². The van der Waals surface area contributed by atoms with Gasteiger partial charge in [0.1, 0.15) is 5.54 Å². The van der Waals surface area contributed by atoms with Crippen LogP contribution in [-0.4, -0.2) is 38.0 Å². The first-order chi connectivity index (χ1) is 5.82. The van der Waals surface area contributed by atoms with Crippen LogP contribution >= 0.6 is 0 Å². The molecule has 0 saturated heterocycles. The van der Waals surface area contributed by atoms with Crippen LogP contribution in [0.4, 0.5) is 0 Å². The third-order valence-electron chi connectivity index (χ3n) is 2.11. The molecule has 1 aliphatic rings. The molecule has 1 fully saturated rings. The van der Waals surface area contributed by atoms with E-state index in [4.69, 9.17) is 5.73 Å². The lowest BCUT2D eigenvalue weighted by molar-refractivity contribution is -0.145. The normalized spacial score (nSPS) is 32.7. The number of ether oxygens (including phenoxy) is 1. The highest BCUT2D eigenvalue weighted by molar-refractivity contribution is 7.91. The number of sulfone groups is 1. The molecule has 6 heteroatoms. The van der Waals surface area contributed by atoms with E-state index in [1.807, 2.05) is 0 Å². The summed E-state index contributed by atoms with van der Waals surface area (Å²) >= 11 is 0. The molecule has 1 aliphatic carbocycles. The van der Waals surface area contributed by atoms with Gasteiger partial charge in [-0.15, -0.1) is 0 Å². The van der Waals surface area contributed by atoms with Crippen molar-refractivity contribution >= 4 is 15.8 Å². The van der Waals surface area contributed by atoms with Gasteiger partial charge in [-0.3, -0.25) is 4.79 Å². The van der Waals surface area contributed by atoms with E-state index in [0.29, 0.717) is 0 Å². The van der Waals surface area contributed by atoms with E-state index in [-0.39, 0.29) is 13.0 Å². The van der Waals surface area contributed by atoms with Gasteiger partial charge in [-0.05, 0) is 13.3 Å². The van der Waals surface area contributed by atoms with Gasteiger partial charge in [-0.2, -0.15) is 0 Å². The molecule has 1 saturated carbocycles. The van der Waals surface area contributed by atoms with Crippen molar-refractivity contribution < 1.29 is 17.9 Å². The number of carbonyl (C=O) groups is 1. The number of carbonyl (C=O) groups excluding carboxylic acids is 1. The van der Waals surface area contributed by atoms with Crippen molar-refractivity contribution in [1.29, 1.82) is 0 Å². The standard InChI is InChI=1S/C7H13NO4S/c1-3-12-6(9)7(8)4-5(7)13(2,10)11/h5H,3-4,8H2,1-2H3/t5-,7+/m1/s1. The molecule has 76 valence electrons. The van der Waals surface area contributed by atoms with Gasteiger partial charge in [0.25, 0.3) is 0 Å². The average Bonchev–Trinajstić information content (AvgIpc) is 2.63. The van der Waals surface area contributed by atoms with Gasteiger partial charge in [-0.25, -0.2) is 8.42 Å². The maximum Gasteiger partial charge on any atom is 0.327 e. The van der Waals surface area contributed by atoms with Crippen LogP contribution in [0.1, 0.15) is 13.3 Å². The molecule has 13 heavy (non-hydrogen) atoms. The highest BCUT2D eigenvalue weighted by Crippen LogP contribution is 2.40. The van der Waals surface area contributed by atoms with Crippen molar-refractivity contribution in [3.05, 3.63) is 0 Å². The first-order valence-electron chi connectivity index (χ1n) is 3.97. The van der Waals surface area contributed by atoms with E-state index in [9.17, 15) is 13.2 Å². The van der Waals surface area contributed by atoms with E-state index in [1.165, 1.54) is 0 Å². The molecule has 0 unspecified atom stereocenters. The van der Waals surface area contributed by atoms with Crippen molar-refractivity contribution in [2.24, 2.45) is 5.73 Å². The fourth-order valence-corrected chi connectivity index (χ4v) is 2.70. The van der Waals surface area contributed by atoms with Gasteiger partial charge in [0.2, 0.25) is 0 Å². The summed E-state index contributed by atoms with van der Waals surface area (Å²) in [5.74, 6) is -0.620. The van der Waals surface area contributed by atoms with Crippen LogP contribution in [0, 0.1) is 0 Å². The Balaban J connectivity index is 2.70. The zero-order chi connectivity index (χ0) is 10.3. The van der Waals surface area contributed by atoms with Crippen molar-refractivity contribution in [1.82, 2.24) is 0 Å². The van der Waals surface area contributed by atoms with E-state index in [1.54, 1.807) is 6.92 Å². The minimum Gasteiger partial charge on any atom is -0.465 e. The lowest BCUT2D eigenvalue weighted by Gasteiger charge is -2.08. The smallest absolute Gasteiger partial charge is 0.327 e. The zero-order valence-corrected chi connectivity index (χ0v) is 8.43. The molecule has 0 bridgehead atoms.